The predicted octanol–water partition coefficient (Wildman–Crippen LogP) is 13.7. The third kappa shape index (κ3) is 5.86. The Kier molecular flexibility index (Phi) is 8.37. The molecule has 0 saturated heterocycles. The zero-order chi connectivity index (χ0) is 39.2. The van der Waals surface area contributed by atoms with Crippen LogP contribution in [0.1, 0.15) is 22.3 Å². The second kappa shape index (κ2) is 14.3. The fraction of sp³-hybridized carbons (Fsp3) is 0.0179. The Morgan fingerprint density at radius 1 is 0.271 bits per heavy atom. The third-order valence-electron chi connectivity index (χ3n) is 11.9. The lowest BCUT2D eigenvalue weighted by Gasteiger charge is -2.34. The van der Waals surface area contributed by atoms with Gasteiger partial charge in [-0.2, -0.15) is 0 Å². The van der Waals surface area contributed by atoms with Gasteiger partial charge in [0.15, 0.2) is 17.5 Å². The van der Waals surface area contributed by atoms with E-state index in [1.165, 1.54) is 55.3 Å². The van der Waals surface area contributed by atoms with Crippen molar-refractivity contribution >= 4 is 10.8 Å². The summed E-state index contributed by atoms with van der Waals surface area (Å²) in [5, 5.41) is 2.51. The van der Waals surface area contributed by atoms with E-state index in [0.717, 1.165) is 27.8 Å². The highest BCUT2D eigenvalue weighted by molar-refractivity contribution is 6.04. The average molecular weight is 752 g/mol. The summed E-state index contributed by atoms with van der Waals surface area (Å²) in [4.78, 5) is 15.4. The van der Waals surface area contributed by atoms with Gasteiger partial charge >= 0.3 is 0 Å². The first-order chi connectivity index (χ1) is 29.2. The van der Waals surface area contributed by atoms with Crippen LogP contribution in [-0.4, -0.2) is 15.0 Å². The van der Waals surface area contributed by atoms with Crippen molar-refractivity contribution in [3.05, 3.63) is 247 Å². The zero-order valence-corrected chi connectivity index (χ0v) is 32.2. The van der Waals surface area contributed by atoms with Crippen LogP contribution < -0.4 is 0 Å². The molecule has 276 valence electrons. The monoisotopic (exact) mass is 751 g/mol. The molecular weight excluding hydrogens is 715 g/mol. The minimum Gasteiger partial charge on any atom is -0.208 e. The molecule has 1 atom stereocenters. The first-order valence-electron chi connectivity index (χ1n) is 20.1. The summed E-state index contributed by atoms with van der Waals surface area (Å²) in [7, 11) is 0. The van der Waals surface area contributed by atoms with Gasteiger partial charge < -0.3 is 0 Å². The van der Waals surface area contributed by atoms with E-state index >= 15 is 0 Å². The largest absolute Gasteiger partial charge is 0.208 e. The van der Waals surface area contributed by atoms with Crippen LogP contribution in [0.3, 0.4) is 0 Å². The Bertz CT molecular complexity index is 3000. The van der Waals surface area contributed by atoms with Crippen LogP contribution in [0.5, 0.6) is 0 Å². The van der Waals surface area contributed by atoms with E-state index in [0.29, 0.717) is 17.5 Å². The van der Waals surface area contributed by atoms with E-state index in [-0.39, 0.29) is 0 Å². The summed E-state index contributed by atoms with van der Waals surface area (Å²) >= 11 is 0. The number of fused-ring (bicyclic) bond motifs is 5. The van der Waals surface area contributed by atoms with Gasteiger partial charge in [0.25, 0.3) is 0 Å². The van der Waals surface area contributed by atoms with Crippen molar-refractivity contribution in [3.8, 4) is 67.5 Å². The summed E-state index contributed by atoms with van der Waals surface area (Å²) in [6.07, 6.45) is 0. The first kappa shape index (κ1) is 34.5. The van der Waals surface area contributed by atoms with Crippen molar-refractivity contribution in [3.63, 3.8) is 0 Å². The molecule has 9 aromatic carbocycles. The van der Waals surface area contributed by atoms with Crippen LogP contribution in [-0.2, 0) is 5.41 Å². The fourth-order valence-corrected chi connectivity index (χ4v) is 9.04. The summed E-state index contributed by atoms with van der Waals surface area (Å²) in [5.74, 6) is 1.89. The molecule has 0 radical (unpaired) electrons. The molecule has 0 spiro atoms. The maximum Gasteiger partial charge on any atom is 0.164 e. The molecule has 0 fully saturated rings. The Morgan fingerprint density at radius 3 is 1.24 bits per heavy atom. The first-order valence-corrected chi connectivity index (χ1v) is 20.1. The van der Waals surface area contributed by atoms with Gasteiger partial charge in [0.2, 0.25) is 0 Å². The molecule has 10 aromatic rings. The van der Waals surface area contributed by atoms with E-state index in [1.807, 2.05) is 12.1 Å². The van der Waals surface area contributed by atoms with Gasteiger partial charge in [-0.3, -0.25) is 0 Å². The maximum atomic E-state index is 5.15. The lowest BCUT2D eigenvalue weighted by atomic mass is 9.67. The van der Waals surface area contributed by atoms with Gasteiger partial charge in [-0.25, -0.2) is 15.0 Å². The van der Waals surface area contributed by atoms with Crippen LogP contribution in [0.25, 0.3) is 78.3 Å². The highest BCUT2D eigenvalue weighted by atomic mass is 15.0. The maximum absolute atomic E-state index is 5.15. The molecular formula is C56H37N3. The van der Waals surface area contributed by atoms with E-state index in [9.17, 15) is 0 Å². The highest BCUT2D eigenvalue weighted by Gasteiger charge is 2.46. The Labute approximate surface area is 344 Å². The number of aromatic nitrogens is 3. The number of rotatable bonds is 7. The Morgan fingerprint density at radius 2 is 0.678 bits per heavy atom. The molecule has 0 aliphatic heterocycles. The molecule has 59 heavy (non-hydrogen) atoms. The fourth-order valence-electron chi connectivity index (χ4n) is 9.04. The van der Waals surface area contributed by atoms with Crippen LogP contribution in [0.15, 0.2) is 224 Å². The Hall–Kier alpha value is -7.75. The molecule has 0 bridgehead atoms. The van der Waals surface area contributed by atoms with Crippen LogP contribution in [0, 0.1) is 0 Å². The normalized spacial score (nSPS) is 14.2. The van der Waals surface area contributed by atoms with E-state index in [1.54, 1.807) is 0 Å². The summed E-state index contributed by atoms with van der Waals surface area (Å²) in [6, 6.07) is 80.0. The van der Waals surface area contributed by atoms with E-state index < -0.39 is 5.41 Å². The van der Waals surface area contributed by atoms with Crippen molar-refractivity contribution in [2.75, 3.05) is 0 Å². The lowest BCUT2D eigenvalue weighted by Crippen LogP contribution is -2.28. The van der Waals surface area contributed by atoms with Crippen LogP contribution >= 0.6 is 0 Å². The van der Waals surface area contributed by atoms with Gasteiger partial charge in [-0.15, -0.1) is 0 Å². The smallest absolute Gasteiger partial charge is 0.164 e. The molecule has 1 aliphatic rings. The van der Waals surface area contributed by atoms with Gasteiger partial charge in [-0.05, 0) is 66.4 Å². The average Bonchev–Trinajstić information content (AvgIpc) is 3.64. The minimum absolute atomic E-state index is 0.522. The van der Waals surface area contributed by atoms with Crippen molar-refractivity contribution in [2.45, 2.75) is 5.41 Å². The molecule has 3 nitrogen and oxygen atoms in total. The highest BCUT2D eigenvalue weighted by Crippen LogP contribution is 2.57. The summed E-state index contributed by atoms with van der Waals surface area (Å²) in [5.41, 5.74) is 14.5. The van der Waals surface area contributed by atoms with E-state index in [4.69, 9.17) is 15.0 Å². The molecule has 1 aromatic heterocycles. The standard InChI is InChI=1S/C56H37N3/c1-4-14-38(15-5-1)40-24-28-43(29-25-40)53-57-54(44-30-26-41(27-31-44)39-16-6-2-7-17-39)59-55(58-53)45-32-35-47(36-33-45)56(46-19-8-3-9-20-46)50-23-13-12-22-49(50)52-48-21-11-10-18-42(48)34-37-51(52)56/h1-37H. The van der Waals surface area contributed by atoms with Gasteiger partial charge in [-0.1, -0.05) is 224 Å². The summed E-state index contributed by atoms with van der Waals surface area (Å²) in [6.45, 7) is 0. The number of hydrogen-bond donors (Lipinski definition) is 0. The molecule has 0 amide bonds. The van der Waals surface area contributed by atoms with E-state index in [2.05, 4.69) is 212 Å². The predicted molar refractivity (Wildman–Crippen MR) is 242 cm³/mol. The second-order valence-electron chi connectivity index (χ2n) is 15.1. The van der Waals surface area contributed by atoms with Crippen molar-refractivity contribution < 1.29 is 0 Å². The minimum atomic E-state index is -0.522. The SMILES string of the molecule is c1ccc(-c2ccc(-c3nc(-c4ccc(-c5ccccc5)cc4)nc(-c4ccc(C5(c6ccccc6)c6ccccc6-c6c5ccc5ccccc65)cc4)n3)cc2)cc1. The molecule has 0 saturated carbocycles. The Balaban J connectivity index is 1.06. The van der Waals surface area contributed by atoms with Crippen molar-refractivity contribution in [1.82, 2.24) is 15.0 Å². The topological polar surface area (TPSA) is 38.7 Å². The molecule has 11 rings (SSSR count). The molecule has 0 N–H and O–H groups in total. The molecule has 3 heteroatoms. The number of nitrogens with zero attached hydrogens (tertiary/aromatic N) is 3. The van der Waals surface area contributed by atoms with Gasteiger partial charge in [0, 0.05) is 16.7 Å². The number of hydrogen-bond acceptors (Lipinski definition) is 3. The van der Waals surface area contributed by atoms with Crippen LogP contribution in [0.4, 0.5) is 0 Å². The van der Waals surface area contributed by atoms with Gasteiger partial charge in [0.1, 0.15) is 0 Å². The molecule has 1 unspecified atom stereocenters. The third-order valence-corrected chi connectivity index (χ3v) is 11.9. The van der Waals surface area contributed by atoms with Crippen LogP contribution in [0.2, 0.25) is 0 Å². The second-order valence-corrected chi connectivity index (χ2v) is 15.1. The lowest BCUT2D eigenvalue weighted by molar-refractivity contribution is 0.769. The number of benzene rings is 9. The van der Waals surface area contributed by atoms with Gasteiger partial charge in [0.05, 0.1) is 5.41 Å². The van der Waals surface area contributed by atoms with Crippen molar-refractivity contribution in [1.29, 1.82) is 0 Å². The van der Waals surface area contributed by atoms with Crippen molar-refractivity contribution in [2.24, 2.45) is 0 Å². The molecule has 1 heterocycles. The molecule has 1 aliphatic carbocycles. The quantitative estimate of drug-likeness (QED) is 0.163. The zero-order valence-electron chi connectivity index (χ0n) is 32.2. The summed E-state index contributed by atoms with van der Waals surface area (Å²) < 4.78 is 0.